The highest BCUT2D eigenvalue weighted by molar-refractivity contribution is 8.13. The lowest BCUT2D eigenvalue weighted by atomic mass is 9.86. The minimum Gasteiger partial charge on any atom is -0.370 e. The van der Waals surface area contributed by atoms with Gasteiger partial charge < -0.3 is 11.1 Å². The number of rotatable bonds is 3. The molecule has 2 rings (SSSR count). The molecule has 1 amide bonds. The van der Waals surface area contributed by atoms with Gasteiger partial charge in [-0.05, 0) is 18.8 Å². The van der Waals surface area contributed by atoms with Gasteiger partial charge in [0.25, 0.3) is 0 Å². The smallest absolute Gasteiger partial charge is 0.219 e. The van der Waals surface area contributed by atoms with E-state index in [0.717, 1.165) is 11.1 Å². The maximum atomic E-state index is 10.6. The minimum atomic E-state index is -0.277. The maximum absolute atomic E-state index is 10.6. The van der Waals surface area contributed by atoms with Crippen LogP contribution in [0.1, 0.15) is 32.1 Å². The Morgan fingerprint density at radius 1 is 1.50 bits per heavy atom. The number of carbonyl (C=O) groups excluding carboxylic acids is 1. The molecule has 0 aromatic rings. The predicted molar refractivity (Wildman–Crippen MR) is 67.5 cm³/mol. The van der Waals surface area contributed by atoms with Gasteiger partial charge in [-0.2, -0.15) is 0 Å². The standard InChI is InChI=1S/C11H19N3OS/c12-10(15)5-6-13-11-14-9-4-2-1-3-8(9)7-16-11/h8-9H,1-7H2,(H2,12,15)(H,13,14). The zero-order valence-corrected chi connectivity index (χ0v) is 10.3. The lowest BCUT2D eigenvalue weighted by Gasteiger charge is -2.36. The van der Waals surface area contributed by atoms with E-state index in [1.165, 1.54) is 31.4 Å². The first kappa shape index (κ1) is 11.8. The van der Waals surface area contributed by atoms with Crippen molar-refractivity contribution in [3.05, 3.63) is 0 Å². The van der Waals surface area contributed by atoms with Crippen LogP contribution in [0.25, 0.3) is 0 Å². The second kappa shape index (κ2) is 5.57. The molecule has 1 aliphatic heterocycles. The van der Waals surface area contributed by atoms with Crippen LogP contribution in [0.5, 0.6) is 0 Å². The number of primary amides is 1. The van der Waals surface area contributed by atoms with Gasteiger partial charge in [0.15, 0.2) is 5.17 Å². The van der Waals surface area contributed by atoms with E-state index in [-0.39, 0.29) is 5.91 Å². The summed E-state index contributed by atoms with van der Waals surface area (Å²) in [5.41, 5.74) is 5.08. The highest BCUT2D eigenvalue weighted by Crippen LogP contribution is 2.31. The fourth-order valence-corrected chi connectivity index (χ4v) is 3.53. The van der Waals surface area contributed by atoms with Crippen LogP contribution in [0.2, 0.25) is 0 Å². The van der Waals surface area contributed by atoms with Gasteiger partial charge in [0.05, 0.1) is 6.54 Å². The van der Waals surface area contributed by atoms with E-state index in [2.05, 4.69) is 10.3 Å². The second-order valence-electron chi connectivity index (χ2n) is 4.51. The number of aliphatic imine (C=N–C) groups is 1. The van der Waals surface area contributed by atoms with Crippen LogP contribution in [0.15, 0.2) is 4.99 Å². The fraction of sp³-hybridized carbons (Fsp3) is 0.818. The zero-order chi connectivity index (χ0) is 11.4. The average molecular weight is 241 g/mol. The highest BCUT2D eigenvalue weighted by Gasteiger charge is 2.29. The molecule has 1 heterocycles. The lowest BCUT2D eigenvalue weighted by Crippen LogP contribution is -2.46. The molecule has 2 fully saturated rings. The summed E-state index contributed by atoms with van der Waals surface area (Å²) < 4.78 is 0. The molecule has 1 aliphatic carbocycles. The molecule has 1 saturated heterocycles. The molecule has 1 saturated carbocycles. The van der Waals surface area contributed by atoms with Crippen molar-refractivity contribution in [2.45, 2.75) is 38.1 Å². The number of hydrogen-bond acceptors (Lipinski definition) is 3. The Morgan fingerprint density at radius 3 is 3.12 bits per heavy atom. The van der Waals surface area contributed by atoms with Crippen molar-refractivity contribution in [1.29, 1.82) is 0 Å². The van der Waals surface area contributed by atoms with E-state index in [1.807, 2.05) is 0 Å². The molecule has 2 atom stereocenters. The minimum absolute atomic E-state index is 0.277. The summed E-state index contributed by atoms with van der Waals surface area (Å²) in [5, 5.41) is 4.49. The third-order valence-corrected chi connectivity index (χ3v) is 4.38. The number of amides is 1. The molecule has 0 bridgehead atoms. The number of thioether (sulfide) groups is 1. The first-order chi connectivity index (χ1) is 7.75. The van der Waals surface area contributed by atoms with Crippen LogP contribution in [-0.2, 0) is 4.79 Å². The zero-order valence-electron chi connectivity index (χ0n) is 9.45. The van der Waals surface area contributed by atoms with Crippen LogP contribution in [0, 0.1) is 5.92 Å². The summed E-state index contributed by atoms with van der Waals surface area (Å²) in [4.78, 5) is 15.0. The Morgan fingerprint density at radius 2 is 2.31 bits per heavy atom. The van der Waals surface area contributed by atoms with Crippen molar-refractivity contribution in [2.24, 2.45) is 16.6 Å². The van der Waals surface area contributed by atoms with Crippen LogP contribution >= 0.6 is 11.8 Å². The monoisotopic (exact) mass is 241 g/mol. The molecule has 3 N–H and O–H groups in total. The normalized spacial score (nSPS) is 31.9. The van der Waals surface area contributed by atoms with Crippen molar-refractivity contribution in [3.8, 4) is 0 Å². The molecule has 5 heteroatoms. The summed E-state index contributed by atoms with van der Waals surface area (Å²) in [5.74, 6) is 1.71. The summed E-state index contributed by atoms with van der Waals surface area (Å²) in [6.45, 7) is 0.516. The Balaban J connectivity index is 1.82. The number of hydrogen-bond donors (Lipinski definition) is 2. The maximum Gasteiger partial charge on any atom is 0.219 e. The molecule has 0 aromatic carbocycles. The van der Waals surface area contributed by atoms with Crippen LogP contribution < -0.4 is 11.1 Å². The van der Waals surface area contributed by atoms with Gasteiger partial charge >= 0.3 is 0 Å². The molecule has 2 aliphatic rings. The van der Waals surface area contributed by atoms with Crippen LogP contribution in [0.3, 0.4) is 0 Å². The van der Waals surface area contributed by atoms with E-state index >= 15 is 0 Å². The third kappa shape index (κ3) is 3.14. The molecule has 16 heavy (non-hydrogen) atoms. The molecule has 0 spiro atoms. The van der Waals surface area contributed by atoms with Crippen LogP contribution in [0.4, 0.5) is 0 Å². The molecular weight excluding hydrogens is 222 g/mol. The molecule has 4 nitrogen and oxygen atoms in total. The summed E-state index contributed by atoms with van der Waals surface area (Å²) in [6, 6.07) is 0.613. The number of nitrogens with one attached hydrogen (secondary N) is 1. The fourth-order valence-electron chi connectivity index (χ4n) is 2.34. The largest absolute Gasteiger partial charge is 0.370 e. The topological polar surface area (TPSA) is 67.5 Å². The molecule has 0 radical (unpaired) electrons. The Kier molecular flexibility index (Phi) is 4.09. The van der Waals surface area contributed by atoms with Crippen molar-refractivity contribution < 1.29 is 4.79 Å². The second-order valence-corrected chi connectivity index (χ2v) is 5.52. The summed E-state index contributed by atoms with van der Waals surface area (Å²) >= 11 is 1.79. The van der Waals surface area contributed by atoms with E-state index in [1.54, 1.807) is 11.8 Å². The van der Waals surface area contributed by atoms with E-state index in [9.17, 15) is 4.79 Å². The number of nitrogens with two attached hydrogens (primary N) is 1. The molecule has 90 valence electrons. The van der Waals surface area contributed by atoms with Gasteiger partial charge in [-0.15, -0.1) is 0 Å². The quantitative estimate of drug-likeness (QED) is 0.778. The first-order valence-corrected chi connectivity index (χ1v) is 6.96. The predicted octanol–water partition coefficient (Wildman–Crippen LogP) is 1.11. The number of nitrogens with zero attached hydrogens (tertiary/aromatic N) is 1. The van der Waals surface area contributed by atoms with E-state index < -0.39 is 0 Å². The number of amidine groups is 1. The third-order valence-electron chi connectivity index (χ3n) is 3.27. The van der Waals surface area contributed by atoms with Gasteiger partial charge in [0.1, 0.15) is 0 Å². The Labute approximate surface area is 100 Å². The number of carbonyl (C=O) groups is 1. The Hall–Kier alpha value is -0.710. The summed E-state index contributed by atoms with van der Waals surface area (Å²) in [6.07, 6.45) is 5.66. The lowest BCUT2D eigenvalue weighted by molar-refractivity contribution is -0.117. The Bertz CT molecular complexity index is 293. The average Bonchev–Trinajstić information content (AvgIpc) is 2.28. The van der Waals surface area contributed by atoms with Crippen LogP contribution in [-0.4, -0.2) is 29.4 Å². The SMILES string of the molecule is NC(=O)CCN=C1NC2CCCCC2CS1. The summed E-state index contributed by atoms with van der Waals surface area (Å²) in [7, 11) is 0. The van der Waals surface area contributed by atoms with Gasteiger partial charge in [-0.1, -0.05) is 24.6 Å². The van der Waals surface area contributed by atoms with Crippen molar-refractivity contribution in [1.82, 2.24) is 5.32 Å². The van der Waals surface area contributed by atoms with Crippen molar-refractivity contribution >= 4 is 22.8 Å². The molecular formula is C11H19N3OS. The van der Waals surface area contributed by atoms with Gasteiger partial charge in [0, 0.05) is 18.2 Å². The molecule has 0 aromatic heterocycles. The van der Waals surface area contributed by atoms with Gasteiger partial charge in [0.2, 0.25) is 5.91 Å². The van der Waals surface area contributed by atoms with Crippen molar-refractivity contribution in [2.75, 3.05) is 12.3 Å². The first-order valence-electron chi connectivity index (χ1n) is 5.98. The van der Waals surface area contributed by atoms with E-state index in [0.29, 0.717) is 19.0 Å². The van der Waals surface area contributed by atoms with Gasteiger partial charge in [-0.25, -0.2) is 0 Å². The van der Waals surface area contributed by atoms with E-state index in [4.69, 9.17) is 5.73 Å². The molecule has 2 unspecified atom stereocenters. The van der Waals surface area contributed by atoms with Crippen molar-refractivity contribution in [3.63, 3.8) is 0 Å². The van der Waals surface area contributed by atoms with Gasteiger partial charge in [-0.3, -0.25) is 9.79 Å². The highest BCUT2D eigenvalue weighted by atomic mass is 32.2. The number of fused-ring (bicyclic) bond motifs is 1.